The van der Waals surface area contributed by atoms with Crippen molar-refractivity contribution in [3.05, 3.63) is 70.7 Å². The van der Waals surface area contributed by atoms with E-state index in [4.69, 9.17) is 11.6 Å². The van der Waals surface area contributed by atoms with Crippen molar-refractivity contribution in [3.8, 4) is 0 Å². The molecule has 0 spiro atoms. The van der Waals surface area contributed by atoms with E-state index in [1.165, 1.54) is 6.21 Å². The summed E-state index contributed by atoms with van der Waals surface area (Å²) < 4.78 is 0. The number of hydrogen-bond acceptors (Lipinski definition) is 4. The first-order valence-corrected chi connectivity index (χ1v) is 7.75. The number of halogens is 1. The van der Waals surface area contributed by atoms with Crippen LogP contribution >= 0.6 is 11.6 Å². The van der Waals surface area contributed by atoms with Crippen molar-refractivity contribution in [2.75, 3.05) is 0 Å². The van der Waals surface area contributed by atoms with Crippen LogP contribution in [0, 0.1) is 0 Å². The summed E-state index contributed by atoms with van der Waals surface area (Å²) in [5.74, 6) is -0.181. The van der Waals surface area contributed by atoms with Gasteiger partial charge in [0.2, 0.25) is 0 Å². The lowest BCUT2D eigenvalue weighted by Gasteiger charge is -2.08. The lowest BCUT2D eigenvalue weighted by molar-refractivity contribution is -0.122. The van der Waals surface area contributed by atoms with Gasteiger partial charge < -0.3 is 0 Å². The summed E-state index contributed by atoms with van der Waals surface area (Å²) in [6.45, 7) is 0. The molecular formula is C17H17ClN4O. The zero-order valence-corrected chi connectivity index (χ0v) is 13.1. The predicted molar refractivity (Wildman–Crippen MR) is 91.0 cm³/mol. The second kappa shape index (κ2) is 7.37. The molecule has 1 aliphatic heterocycles. The summed E-state index contributed by atoms with van der Waals surface area (Å²) in [4.78, 5) is 12.1. The van der Waals surface area contributed by atoms with Crippen molar-refractivity contribution in [2.24, 2.45) is 5.10 Å². The molecule has 1 aliphatic rings. The predicted octanol–water partition coefficient (Wildman–Crippen LogP) is 2.40. The molecule has 0 aromatic heterocycles. The van der Waals surface area contributed by atoms with Gasteiger partial charge in [0.15, 0.2) is 0 Å². The van der Waals surface area contributed by atoms with Gasteiger partial charge in [-0.05, 0) is 18.1 Å². The Bertz CT molecular complexity index is 705. The number of hydrazone groups is 1. The average Bonchev–Trinajstić information content (AvgIpc) is 3.07. The minimum absolute atomic E-state index is 0.111. The molecule has 5 nitrogen and oxygen atoms in total. The Morgan fingerprint density at radius 3 is 2.65 bits per heavy atom. The average molecular weight is 329 g/mol. The Morgan fingerprint density at radius 2 is 1.87 bits per heavy atom. The quantitative estimate of drug-likeness (QED) is 0.596. The van der Waals surface area contributed by atoms with Crippen LogP contribution in [0.3, 0.4) is 0 Å². The van der Waals surface area contributed by atoms with E-state index in [1.807, 2.05) is 48.5 Å². The van der Waals surface area contributed by atoms with Gasteiger partial charge in [-0.1, -0.05) is 60.1 Å². The minimum atomic E-state index is -0.330. The van der Waals surface area contributed by atoms with Crippen molar-refractivity contribution in [1.29, 1.82) is 0 Å². The number of carbonyl (C=O) groups excluding carboxylic acids is 1. The second-order valence-corrected chi connectivity index (χ2v) is 5.70. The fourth-order valence-corrected chi connectivity index (χ4v) is 2.64. The molecule has 0 saturated carbocycles. The Kier molecular flexibility index (Phi) is 5.02. The highest BCUT2D eigenvalue weighted by Gasteiger charge is 2.29. The molecule has 6 heteroatoms. The fraction of sp³-hybridized carbons (Fsp3) is 0.176. The third-order valence-corrected chi connectivity index (χ3v) is 4.05. The highest BCUT2D eigenvalue weighted by molar-refractivity contribution is 6.33. The molecule has 3 rings (SSSR count). The van der Waals surface area contributed by atoms with Gasteiger partial charge in [0.25, 0.3) is 5.91 Å². The summed E-state index contributed by atoms with van der Waals surface area (Å²) in [5, 5.41) is 4.56. The number of rotatable bonds is 4. The van der Waals surface area contributed by atoms with Crippen LogP contribution in [0.5, 0.6) is 0 Å². The first-order chi connectivity index (χ1) is 11.2. The van der Waals surface area contributed by atoms with E-state index in [9.17, 15) is 4.79 Å². The van der Waals surface area contributed by atoms with Gasteiger partial charge in [0.1, 0.15) is 6.04 Å². The van der Waals surface area contributed by atoms with Gasteiger partial charge in [0, 0.05) is 16.6 Å². The van der Waals surface area contributed by atoms with Crippen LogP contribution in [0.1, 0.15) is 23.6 Å². The Balaban J connectivity index is 1.55. The van der Waals surface area contributed by atoms with Gasteiger partial charge >= 0.3 is 0 Å². The molecule has 3 N–H and O–H groups in total. The van der Waals surface area contributed by atoms with E-state index in [0.29, 0.717) is 11.4 Å². The Labute approximate surface area is 139 Å². The van der Waals surface area contributed by atoms with Crippen LogP contribution in [0.15, 0.2) is 59.7 Å². The molecule has 2 unspecified atom stereocenters. The lowest BCUT2D eigenvalue weighted by atomic mass is 10.0. The number of hydrogen-bond donors (Lipinski definition) is 3. The maximum absolute atomic E-state index is 12.1. The molecule has 1 saturated heterocycles. The number of benzene rings is 2. The van der Waals surface area contributed by atoms with Crippen molar-refractivity contribution in [1.82, 2.24) is 16.3 Å². The molecule has 1 fully saturated rings. The lowest BCUT2D eigenvalue weighted by Crippen LogP contribution is -2.41. The van der Waals surface area contributed by atoms with Gasteiger partial charge in [0.05, 0.1) is 6.21 Å². The maximum atomic E-state index is 12.1. The molecule has 1 heterocycles. The van der Waals surface area contributed by atoms with Crippen molar-refractivity contribution in [2.45, 2.75) is 18.5 Å². The highest BCUT2D eigenvalue weighted by Crippen LogP contribution is 2.21. The first-order valence-electron chi connectivity index (χ1n) is 7.37. The molecule has 1 amide bonds. The Hall–Kier alpha value is -2.21. The number of nitrogens with zero attached hydrogens (tertiary/aromatic N) is 1. The van der Waals surface area contributed by atoms with Crippen LogP contribution in [0.25, 0.3) is 0 Å². The zero-order chi connectivity index (χ0) is 16.1. The van der Waals surface area contributed by atoms with Gasteiger partial charge in [-0.25, -0.2) is 16.3 Å². The Morgan fingerprint density at radius 1 is 1.13 bits per heavy atom. The number of nitrogens with one attached hydrogen (secondary N) is 3. The minimum Gasteiger partial charge on any atom is -0.271 e. The third-order valence-electron chi connectivity index (χ3n) is 3.71. The fourth-order valence-electron chi connectivity index (χ4n) is 2.46. The summed E-state index contributed by atoms with van der Waals surface area (Å²) >= 11 is 6.03. The third kappa shape index (κ3) is 3.96. The van der Waals surface area contributed by atoms with E-state index in [2.05, 4.69) is 21.4 Å². The standard InChI is InChI=1S/C17H17ClN4O/c18-14-9-5-4-8-13(14)11-19-22-17(23)16-10-15(20-21-16)12-6-2-1-3-7-12/h1-9,11,15-16,20-21H,10H2,(H,22,23)/b19-11+. The summed E-state index contributed by atoms with van der Waals surface area (Å²) in [7, 11) is 0. The normalized spacial score (nSPS) is 20.7. The number of carbonyl (C=O) groups is 1. The summed E-state index contributed by atoms with van der Waals surface area (Å²) in [6, 6.07) is 17.1. The number of amides is 1. The van der Waals surface area contributed by atoms with E-state index in [1.54, 1.807) is 6.07 Å². The molecule has 2 atom stereocenters. The topological polar surface area (TPSA) is 65.5 Å². The number of hydrazine groups is 1. The van der Waals surface area contributed by atoms with Crippen LogP contribution < -0.4 is 16.3 Å². The molecule has 0 radical (unpaired) electrons. The first kappa shape index (κ1) is 15.7. The van der Waals surface area contributed by atoms with E-state index in [-0.39, 0.29) is 18.0 Å². The molecule has 0 aliphatic carbocycles. The second-order valence-electron chi connectivity index (χ2n) is 5.30. The highest BCUT2D eigenvalue weighted by atomic mass is 35.5. The SMILES string of the molecule is O=C(N/N=C/c1ccccc1Cl)C1CC(c2ccccc2)NN1. The molecule has 23 heavy (non-hydrogen) atoms. The van der Waals surface area contributed by atoms with E-state index >= 15 is 0 Å². The molecular weight excluding hydrogens is 312 g/mol. The zero-order valence-electron chi connectivity index (χ0n) is 12.4. The smallest absolute Gasteiger partial charge is 0.258 e. The van der Waals surface area contributed by atoms with E-state index in [0.717, 1.165) is 11.1 Å². The van der Waals surface area contributed by atoms with Gasteiger partial charge in [-0.2, -0.15) is 5.10 Å². The maximum Gasteiger partial charge on any atom is 0.258 e. The largest absolute Gasteiger partial charge is 0.271 e. The van der Waals surface area contributed by atoms with Gasteiger partial charge in [-0.15, -0.1) is 0 Å². The van der Waals surface area contributed by atoms with Gasteiger partial charge in [-0.3, -0.25) is 4.79 Å². The molecule has 2 aromatic rings. The summed E-state index contributed by atoms with van der Waals surface area (Å²) in [6.07, 6.45) is 2.20. The summed E-state index contributed by atoms with van der Waals surface area (Å²) in [5.41, 5.74) is 10.6. The molecule has 118 valence electrons. The van der Waals surface area contributed by atoms with Crippen molar-refractivity contribution >= 4 is 23.7 Å². The van der Waals surface area contributed by atoms with Crippen molar-refractivity contribution in [3.63, 3.8) is 0 Å². The van der Waals surface area contributed by atoms with E-state index < -0.39 is 0 Å². The molecule has 2 aromatic carbocycles. The van der Waals surface area contributed by atoms with Crippen molar-refractivity contribution < 1.29 is 4.79 Å². The monoisotopic (exact) mass is 328 g/mol. The van der Waals surface area contributed by atoms with Crippen LogP contribution in [0.2, 0.25) is 5.02 Å². The van der Waals surface area contributed by atoms with Crippen LogP contribution in [-0.4, -0.2) is 18.2 Å². The van der Waals surface area contributed by atoms with Crippen LogP contribution in [0.4, 0.5) is 0 Å². The molecule has 0 bridgehead atoms. The van der Waals surface area contributed by atoms with Crippen LogP contribution in [-0.2, 0) is 4.79 Å².